The van der Waals surface area contributed by atoms with Crippen LogP contribution in [0.4, 0.5) is 5.69 Å². The predicted octanol–water partition coefficient (Wildman–Crippen LogP) is 2.24. The van der Waals surface area contributed by atoms with Crippen LogP contribution in [0.5, 0.6) is 0 Å². The molecule has 0 aromatic heterocycles. The molecule has 0 saturated heterocycles. The molecule has 0 N–H and O–H groups in total. The van der Waals surface area contributed by atoms with Crippen molar-refractivity contribution in [2.24, 2.45) is 0 Å². The van der Waals surface area contributed by atoms with Gasteiger partial charge in [0.05, 0.1) is 4.90 Å². The molecule has 0 unspecified atom stereocenters. The average Bonchev–Trinajstić information content (AvgIpc) is 2.42. The van der Waals surface area contributed by atoms with Crippen molar-refractivity contribution in [3.8, 4) is 0 Å². The fourth-order valence-electron chi connectivity index (χ4n) is 2.39. The van der Waals surface area contributed by atoms with E-state index in [9.17, 15) is 8.42 Å². The number of nitrogens with zero attached hydrogens (tertiary/aromatic N) is 2. The Morgan fingerprint density at radius 2 is 1.52 bits per heavy atom. The van der Waals surface area contributed by atoms with Gasteiger partial charge in [-0.05, 0) is 26.2 Å². The Morgan fingerprint density at radius 1 is 0.905 bits per heavy atom. The fraction of sp³-hybridized carbons (Fsp3) is 0.375. The Balaban J connectivity index is 2.52. The van der Waals surface area contributed by atoms with Crippen LogP contribution in [-0.2, 0) is 9.84 Å². The van der Waals surface area contributed by atoms with E-state index in [1.807, 2.05) is 51.5 Å². The number of hydrogen-bond donors (Lipinski definition) is 0. The molecule has 0 saturated carbocycles. The highest BCUT2D eigenvalue weighted by molar-refractivity contribution is 7.91. The minimum Gasteiger partial charge on any atom is -0.373 e. The van der Waals surface area contributed by atoms with E-state index < -0.39 is 9.84 Å². The molecule has 21 heavy (non-hydrogen) atoms. The summed E-state index contributed by atoms with van der Waals surface area (Å²) in [6, 6.07) is 11.3. The molecule has 2 aromatic carbocycles. The van der Waals surface area contributed by atoms with Gasteiger partial charge < -0.3 is 9.80 Å². The van der Waals surface area contributed by atoms with Crippen LogP contribution in [-0.4, -0.2) is 53.8 Å². The van der Waals surface area contributed by atoms with Crippen LogP contribution in [0.25, 0.3) is 10.8 Å². The monoisotopic (exact) mass is 306 g/mol. The zero-order valence-corrected chi connectivity index (χ0v) is 13.8. The molecule has 0 atom stereocenters. The molecule has 2 aromatic rings. The zero-order chi connectivity index (χ0) is 15.6. The third kappa shape index (κ3) is 3.54. The molecule has 0 fully saturated rings. The largest absolute Gasteiger partial charge is 0.373 e. The lowest BCUT2D eigenvalue weighted by molar-refractivity contribution is 0.416. The highest BCUT2D eigenvalue weighted by Crippen LogP contribution is 2.30. The van der Waals surface area contributed by atoms with Gasteiger partial charge in [0.25, 0.3) is 0 Å². The van der Waals surface area contributed by atoms with Crippen molar-refractivity contribution in [2.75, 3.05) is 45.4 Å². The summed E-state index contributed by atoms with van der Waals surface area (Å²) in [6.45, 7) is 1.83. The molecule has 0 spiro atoms. The van der Waals surface area contributed by atoms with Crippen molar-refractivity contribution in [2.45, 2.75) is 4.90 Å². The fourth-order valence-corrected chi connectivity index (χ4v) is 3.29. The van der Waals surface area contributed by atoms with E-state index in [1.165, 1.54) is 6.26 Å². The maximum atomic E-state index is 11.9. The van der Waals surface area contributed by atoms with Crippen LogP contribution >= 0.6 is 0 Å². The minimum absolute atomic E-state index is 0.392. The summed E-state index contributed by atoms with van der Waals surface area (Å²) in [5.41, 5.74) is 1.06. The van der Waals surface area contributed by atoms with Gasteiger partial charge in [-0.1, -0.05) is 24.3 Å². The Labute approximate surface area is 126 Å². The number of benzene rings is 2. The number of likely N-dealkylation sites (N-methyl/N-ethyl adjacent to an activating group) is 2. The van der Waals surface area contributed by atoms with Crippen molar-refractivity contribution in [3.05, 3.63) is 36.4 Å². The summed E-state index contributed by atoms with van der Waals surface area (Å²) in [5.74, 6) is 0. The van der Waals surface area contributed by atoms with Gasteiger partial charge in [-0.15, -0.1) is 0 Å². The summed E-state index contributed by atoms with van der Waals surface area (Å²) in [7, 11) is 2.89. The van der Waals surface area contributed by atoms with E-state index in [1.54, 1.807) is 6.07 Å². The van der Waals surface area contributed by atoms with E-state index in [4.69, 9.17) is 0 Å². The lowest BCUT2D eigenvalue weighted by Gasteiger charge is -2.23. The summed E-state index contributed by atoms with van der Waals surface area (Å²) in [6.07, 6.45) is 1.25. The van der Waals surface area contributed by atoms with Gasteiger partial charge in [-0.2, -0.15) is 0 Å². The maximum Gasteiger partial charge on any atom is 0.176 e. The second-order valence-electron chi connectivity index (χ2n) is 5.63. The third-order valence-corrected chi connectivity index (χ3v) is 4.71. The average molecular weight is 306 g/mol. The van der Waals surface area contributed by atoms with Crippen LogP contribution in [0, 0.1) is 0 Å². The van der Waals surface area contributed by atoms with Gasteiger partial charge in [0.15, 0.2) is 9.84 Å². The highest BCUT2D eigenvalue weighted by atomic mass is 32.2. The first kappa shape index (κ1) is 15.8. The van der Waals surface area contributed by atoms with Crippen molar-refractivity contribution in [3.63, 3.8) is 0 Å². The molecular formula is C16H22N2O2S. The van der Waals surface area contributed by atoms with Crippen LogP contribution in [0.1, 0.15) is 0 Å². The van der Waals surface area contributed by atoms with Gasteiger partial charge in [0.2, 0.25) is 0 Å². The first-order chi connectivity index (χ1) is 9.80. The Morgan fingerprint density at radius 3 is 2.14 bits per heavy atom. The van der Waals surface area contributed by atoms with Crippen molar-refractivity contribution >= 4 is 26.3 Å². The number of rotatable bonds is 5. The zero-order valence-electron chi connectivity index (χ0n) is 13.0. The van der Waals surface area contributed by atoms with Crippen LogP contribution in [0.2, 0.25) is 0 Å². The SMILES string of the molecule is CN(C)CCN(C)c1cccc2c(S(C)(=O)=O)cccc12. The van der Waals surface area contributed by atoms with Crippen molar-refractivity contribution in [1.82, 2.24) is 4.90 Å². The van der Waals surface area contributed by atoms with Crippen LogP contribution in [0.15, 0.2) is 41.3 Å². The summed E-state index contributed by atoms with van der Waals surface area (Å²) in [5, 5.41) is 1.76. The molecule has 0 aliphatic heterocycles. The molecule has 0 aliphatic rings. The van der Waals surface area contributed by atoms with Gasteiger partial charge in [0, 0.05) is 42.9 Å². The van der Waals surface area contributed by atoms with Gasteiger partial charge >= 0.3 is 0 Å². The molecule has 2 rings (SSSR count). The van der Waals surface area contributed by atoms with E-state index in [-0.39, 0.29) is 0 Å². The standard InChI is InChI=1S/C16H22N2O2S/c1-17(2)11-12-18(3)15-9-5-8-14-13(15)7-6-10-16(14)21(4,19)20/h5-10H,11-12H2,1-4H3. The molecule has 0 aliphatic carbocycles. The quantitative estimate of drug-likeness (QED) is 0.849. The molecule has 0 radical (unpaired) electrons. The van der Waals surface area contributed by atoms with E-state index >= 15 is 0 Å². The molecule has 5 heteroatoms. The summed E-state index contributed by atoms with van der Waals surface area (Å²) >= 11 is 0. The Hall–Kier alpha value is -1.59. The molecule has 0 heterocycles. The molecular weight excluding hydrogens is 284 g/mol. The maximum absolute atomic E-state index is 11.9. The number of sulfone groups is 1. The second kappa shape index (κ2) is 6.03. The van der Waals surface area contributed by atoms with E-state index in [2.05, 4.69) is 9.80 Å². The van der Waals surface area contributed by atoms with Gasteiger partial charge in [0.1, 0.15) is 0 Å². The third-order valence-electron chi connectivity index (χ3n) is 3.55. The Kier molecular flexibility index (Phi) is 4.54. The molecule has 0 amide bonds. The second-order valence-corrected chi connectivity index (χ2v) is 7.61. The minimum atomic E-state index is -3.22. The van der Waals surface area contributed by atoms with E-state index in [0.717, 1.165) is 29.5 Å². The van der Waals surface area contributed by atoms with Gasteiger partial charge in [-0.25, -0.2) is 8.42 Å². The Bertz CT molecular complexity index is 739. The number of hydrogen-bond acceptors (Lipinski definition) is 4. The topological polar surface area (TPSA) is 40.6 Å². The lowest BCUT2D eigenvalue weighted by atomic mass is 10.1. The van der Waals surface area contributed by atoms with Crippen LogP contribution in [0.3, 0.4) is 0 Å². The number of anilines is 1. The summed E-state index contributed by atoms with van der Waals surface area (Å²) in [4.78, 5) is 4.68. The number of fused-ring (bicyclic) bond motifs is 1. The normalized spacial score (nSPS) is 12.0. The highest BCUT2D eigenvalue weighted by Gasteiger charge is 2.14. The molecule has 0 bridgehead atoms. The smallest absolute Gasteiger partial charge is 0.176 e. The van der Waals surface area contributed by atoms with Crippen molar-refractivity contribution < 1.29 is 8.42 Å². The first-order valence-electron chi connectivity index (χ1n) is 6.88. The predicted molar refractivity (Wildman–Crippen MR) is 88.9 cm³/mol. The van der Waals surface area contributed by atoms with Crippen molar-refractivity contribution in [1.29, 1.82) is 0 Å². The molecule has 114 valence electrons. The first-order valence-corrected chi connectivity index (χ1v) is 8.77. The molecule has 4 nitrogen and oxygen atoms in total. The summed E-state index contributed by atoms with van der Waals surface area (Å²) < 4.78 is 23.8. The van der Waals surface area contributed by atoms with Gasteiger partial charge in [-0.3, -0.25) is 0 Å². The van der Waals surface area contributed by atoms with E-state index in [0.29, 0.717) is 4.90 Å². The lowest BCUT2D eigenvalue weighted by Crippen LogP contribution is -2.28. The van der Waals surface area contributed by atoms with Crippen LogP contribution < -0.4 is 4.90 Å².